The number of benzene rings is 3. The van der Waals surface area contributed by atoms with Gasteiger partial charge in [0.05, 0.1) is 30.5 Å². The van der Waals surface area contributed by atoms with Crippen LogP contribution >= 0.6 is 23.2 Å². The Balaban J connectivity index is 1.70. The minimum atomic E-state index is -0.298. The molecule has 33 heavy (non-hydrogen) atoms. The van der Waals surface area contributed by atoms with E-state index in [0.717, 1.165) is 33.4 Å². The van der Waals surface area contributed by atoms with Crippen molar-refractivity contribution in [2.45, 2.75) is 6.92 Å². The summed E-state index contributed by atoms with van der Waals surface area (Å²) in [5.41, 5.74) is 4.62. The lowest BCUT2D eigenvalue weighted by molar-refractivity contribution is -0.111. The number of furan rings is 1. The van der Waals surface area contributed by atoms with Crippen molar-refractivity contribution in [1.29, 1.82) is 0 Å². The van der Waals surface area contributed by atoms with E-state index in [1.165, 1.54) is 6.08 Å². The molecule has 0 fully saturated rings. The Kier molecular flexibility index (Phi) is 6.63. The molecule has 0 unspecified atom stereocenters. The zero-order chi connectivity index (χ0) is 23.5. The molecule has 7 heteroatoms. The zero-order valence-electron chi connectivity index (χ0n) is 18.2. The second-order valence-electron chi connectivity index (χ2n) is 7.38. The Morgan fingerprint density at radius 3 is 2.55 bits per heavy atom. The summed E-state index contributed by atoms with van der Waals surface area (Å²) in [7, 11) is 3.21. The number of hydrogen-bond donors (Lipinski definition) is 1. The van der Waals surface area contributed by atoms with Gasteiger partial charge in [-0.2, -0.15) is 0 Å². The standard InChI is InChI=1S/C26H21Cl2NO4/c1-15(9-26(30)29-17-7-8-22(27)23(28)11-17)19-12-20-21(14-33-25(20)13-24(19)32-3)16-5-4-6-18(10-16)31-2/h4-14H,1-3H3,(H,29,30)/b15-9+. The summed E-state index contributed by atoms with van der Waals surface area (Å²) in [5.74, 6) is 1.06. The Hall–Kier alpha value is -3.41. The van der Waals surface area contributed by atoms with Crippen LogP contribution in [0.25, 0.3) is 27.7 Å². The Morgan fingerprint density at radius 1 is 1.00 bits per heavy atom. The molecule has 1 aromatic heterocycles. The highest BCUT2D eigenvalue weighted by atomic mass is 35.5. The van der Waals surface area contributed by atoms with Gasteiger partial charge in [0, 0.05) is 34.3 Å². The predicted molar refractivity (Wildman–Crippen MR) is 133 cm³/mol. The first-order valence-electron chi connectivity index (χ1n) is 10.1. The summed E-state index contributed by atoms with van der Waals surface area (Å²) < 4.78 is 16.7. The van der Waals surface area contributed by atoms with Crippen molar-refractivity contribution < 1.29 is 18.7 Å². The Bertz CT molecular complexity index is 1370. The first-order valence-corrected chi connectivity index (χ1v) is 10.8. The van der Waals surface area contributed by atoms with Crippen molar-refractivity contribution in [3.8, 4) is 22.6 Å². The third-order valence-corrected chi connectivity index (χ3v) is 5.97. The fourth-order valence-corrected chi connectivity index (χ4v) is 3.87. The molecular formula is C26H21Cl2NO4. The van der Waals surface area contributed by atoms with Crippen LogP contribution in [0, 0.1) is 0 Å². The number of nitrogens with one attached hydrogen (secondary N) is 1. The van der Waals surface area contributed by atoms with Crippen molar-refractivity contribution in [3.63, 3.8) is 0 Å². The smallest absolute Gasteiger partial charge is 0.248 e. The summed E-state index contributed by atoms with van der Waals surface area (Å²) >= 11 is 12.0. The lowest BCUT2D eigenvalue weighted by Gasteiger charge is -2.11. The van der Waals surface area contributed by atoms with Crippen LogP contribution < -0.4 is 14.8 Å². The molecule has 3 aromatic carbocycles. The SMILES string of the molecule is COc1cccc(-c2coc3cc(OC)c(/C(C)=C/C(=O)Nc4ccc(Cl)c(Cl)c4)cc23)c1. The first kappa shape index (κ1) is 22.8. The molecule has 4 rings (SSSR count). The maximum Gasteiger partial charge on any atom is 0.248 e. The minimum Gasteiger partial charge on any atom is -0.497 e. The number of anilines is 1. The minimum absolute atomic E-state index is 0.298. The van der Waals surface area contributed by atoms with Gasteiger partial charge in [-0.15, -0.1) is 0 Å². The molecule has 0 radical (unpaired) electrons. The van der Waals surface area contributed by atoms with Crippen LogP contribution in [0.3, 0.4) is 0 Å². The highest BCUT2D eigenvalue weighted by molar-refractivity contribution is 6.42. The topological polar surface area (TPSA) is 60.7 Å². The van der Waals surface area contributed by atoms with E-state index in [4.69, 9.17) is 37.1 Å². The molecule has 0 saturated carbocycles. The molecule has 0 spiro atoms. The summed E-state index contributed by atoms with van der Waals surface area (Å²) in [6.07, 6.45) is 3.22. The highest BCUT2D eigenvalue weighted by Crippen LogP contribution is 2.38. The molecule has 0 atom stereocenters. The van der Waals surface area contributed by atoms with Gasteiger partial charge in [0.15, 0.2) is 0 Å². The molecule has 5 nitrogen and oxygen atoms in total. The fourth-order valence-electron chi connectivity index (χ4n) is 3.57. The van der Waals surface area contributed by atoms with Crippen LogP contribution in [0.15, 0.2) is 71.4 Å². The van der Waals surface area contributed by atoms with Gasteiger partial charge in [-0.25, -0.2) is 0 Å². The maximum atomic E-state index is 12.6. The zero-order valence-corrected chi connectivity index (χ0v) is 19.8. The lowest BCUT2D eigenvalue weighted by Crippen LogP contribution is -2.08. The van der Waals surface area contributed by atoms with Crippen LogP contribution in [-0.2, 0) is 4.79 Å². The molecule has 0 aliphatic carbocycles. The summed E-state index contributed by atoms with van der Waals surface area (Å²) in [5, 5.41) is 4.49. The molecule has 0 aliphatic rings. The normalized spacial score (nSPS) is 11.5. The molecule has 4 aromatic rings. The monoisotopic (exact) mass is 481 g/mol. The molecule has 0 saturated heterocycles. The van der Waals surface area contributed by atoms with Gasteiger partial charge in [-0.3, -0.25) is 4.79 Å². The number of halogens is 2. The molecule has 1 N–H and O–H groups in total. The summed E-state index contributed by atoms with van der Waals surface area (Å²) in [4.78, 5) is 12.6. The number of allylic oxidation sites excluding steroid dienone is 1. The number of rotatable bonds is 6. The van der Waals surface area contributed by atoms with E-state index in [-0.39, 0.29) is 5.91 Å². The van der Waals surface area contributed by atoms with Crippen LogP contribution in [0.2, 0.25) is 10.0 Å². The predicted octanol–water partition coefficient (Wildman–Crippen LogP) is 7.47. The molecule has 0 bridgehead atoms. The van der Waals surface area contributed by atoms with Gasteiger partial charge >= 0.3 is 0 Å². The quantitative estimate of drug-likeness (QED) is 0.290. The van der Waals surface area contributed by atoms with Crippen LogP contribution in [-0.4, -0.2) is 20.1 Å². The maximum absolute atomic E-state index is 12.6. The number of carbonyl (C=O) groups is 1. The van der Waals surface area contributed by atoms with E-state index in [9.17, 15) is 4.79 Å². The van der Waals surface area contributed by atoms with E-state index in [2.05, 4.69) is 5.32 Å². The second kappa shape index (κ2) is 9.61. The van der Waals surface area contributed by atoms with E-state index in [0.29, 0.717) is 27.1 Å². The van der Waals surface area contributed by atoms with E-state index < -0.39 is 0 Å². The van der Waals surface area contributed by atoms with Crippen molar-refractivity contribution >= 4 is 51.3 Å². The molecule has 0 aliphatic heterocycles. The van der Waals surface area contributed by atoms with Gasteiger partial charge in [-0.1, -0.05) is 35.3 Å². The average molecular weight is 482 g/mol. The van der Waals surface area contributed by atoms with E-state index in [1.807, 2.05) is 43.3 Å². The third kappa shape index (κ3) is 4.85. The highest BCUT2D eigenvalue weighted by Gasteiger charge is 2.15. The van der Waals surface area contributed by atoms with Crippen molar-refractivity contribution in [3.05, 3.63) is 82.5 Å². The van der Waals surface area contributed by atoms with Gasteiger partial charge in [0.1, 0.15) is 17.1 Å². The second-order valence-corrected chi connectivity index (χ2v) is 8.19. The van der Waals surface area contributed by atoms with Crippen LogP contribution in [0.5, 0.6) is 11.5 Å². The third-order valence-electron chi connectivity index (χ3n) is 5.24. The number of fused-ring (bicyclic) bond motifs is 1. The van der Waals surface area contributed by atoms with Crippen LogP contribution in [0.4, 0.5) is 5.69 Å². The van der Waals surface area contributed by atoms with Crippen molar-refractivity contribution in [1.82, 2.24) is 0 Å². The molecular weight excluding hydrogens is 461 g/mol. The van der Waals surface area contributed by atoms with Crippen molar-refractivity contribution in [2.24, 2.45) is 0 Å². The van der Waals surface area contributed by atoms with Gasteiger partial charge < -0.3 is 19.2 Å². The number of ether oxygens (including phenoxy) is 2. The largest absolute Gasteiger partial charge is 0.497 e. The van der Waals surface area contributed by atoms with Gasteiger partial charge in [-0.05, 0) is 54.5 Å². The number of hydrogen-bond acceptors (Lipinski definition) is 4. The number of amides is 1. The van der Waals surface area contributed by atoms with E-state index >= 15 is 0 Å². The molecule has 1 heterocycles. The first-order chi connectivity index (χ1) is 15.9. The molecule has 168 valence electrons. The fraction of sp³-hybridized carbons (Fsp3) is 0.115. The van der Waals surface area contributed by atoms with Gasteiger partial charge in [0.25, 0.3) is 0 Å². The Morgan fingerprint density at radius 2 is 1.82 bits per heavy atom. The average Bonchev–Trinajstić information content (AvgIpc) is 3.23. The van der Waals surface area contributed by atoms with Gasteiger partial charge in [0.2, 0.25) is 5.91 Å². The van der Waals surface area contributed by atoms with Crippen molar-refractivity contribution in [2.75, 3.05) is 19.5 Å². The Labute approximate surface area is 201 Å². The summed E-state index contributed by atoms with van der Waals surface area (Å²) in [6, 6.07) is 16.5. The lowest BCUT2D eigenvalue weighted by atomic mass is 9.99. The van der Waals surface area contributed by atoms with Crippen LogP contribution in [0.1, 0.15) is 12.5 Å². The number of carbonyl (C=O) groups excluding carboxylic acids is 1. The molecule has 1 amide bonds. The summed E-state index contributed by atoms with van der Waals surface area (Å²) in [6.45, 7) is 1.85. The number of methoxy groups -OCH3 is 2. The van der Waals surface area contributed by atoms with E-state index in [1.54, 1.807) is 38.7 Å².